The van der Waals surface area contributed by atoms with Gasteiger partial charge in [0.15, 0.2) is 0 Å². The molecule has 3 unspecified atom stereocenters. The van der Waals surface area contributed by atoms with Gasteiger partial charge in [-0.15, -0.1) is 0 Å². The second kappa shape index (κ2) is 4.95. The Balaban J connectivity index is 2.12. The van der Waals surface area contributed by atoms with E-state index in [9.17, 15) is 0 Å². The van der Waals surface area contributed by atoms with Crippen LogP contribution in [0.2, 0.25) is 10.0 Å². The first kappa shape index (κ1) is 12.2. The molecule has 0 spiro atoms. The lowest BCUT2D eigenvalue weighted by molar-refractivity contribution is 0.187. The number of benzene rings is 1. The zero-order chi connectivity index (χ0) is 11.7. The van der Waals surface area contributed by atoms with Crippen molar-refractivity contribution in [2.45, 2.75) is 32.2 Å². The van der Waals surface area contributed by atoms with Gasteiger partial charge in [-0.2, -0.15) is 0 Å². The fourth-order valence-corrected chi connectivity index (χ4v) is 2.97. The number of hydrogen-bond acceptors (Lipinski definition) is 1. The molecule has 16 heavy (non-hydrogen) atoms. The molecule has 1 nitrogen and oxygen atoms in total. The van der Waals surface area contributed by atoms with Gasteiger partial charge in [-0.3, -0.25) is 0 Å². The van der Waals surface area contributed by atoms with Crippen molar-refractivity contribution in [3.8, 4) is 0 Å². The fraction of sp³-hybridized carbons (Fsp3) is 0.538. The van der Waals surface area contributed by atoms with Crippen molar-refractivity contribution in [1.82, 2.24) is 5.32 Å². The van der Waals surface area contributed by atoms with E-state index >= 15 is 0 Å². The average molecular weight is 258 g/mol. The molecule has 3 heteroatoms. The van der Waals surface area contributed by atoms with Crippen LogP contribution in [0.15, 0.2) is 18.2 Å². The van der Waals surface area contributed by atoms with Gasteiger partial charge in [-0.25, -0.2) is 0 Å². The second-order valence-electron chi connectivity index (χ2n) is 4.53. The molecule has 0 radical (unpaired) electrons. The van der Waals surface area contributed by atoms with Gasteiger partial charge in [0.05, 0.1) is 0 Å². The van der Waals surface area contributed by atoms with Gasteiger partial charge < -0.3 is 5.32 Å². The van der Waals surface area contributed by atoms with Crippen molar-refractivity contribution in [3.63, 3.8) is 0 Å². The first-order chi connectivity index (χ1) is 7.63. The normalized spacial score (nSPS) is 28.9. The molecule has 1 saturated carbocycles. The van der Waals surface area contributed by atoms with Crippen molar-refractivity contribution < 1.29 is 0 Å². The smallest absolute Gasteiger partial charge is 0.0441 e. The molecule has 1 N–H and O–H groups in total. The molecule has 0 aliphatic heterocycles. The van der Waals surface area contributed by atoms with Crippen LogP contribution in [-0.2, 0) is 0 Å². The highest BCUT2D eigenvalue weighted by molar-refractivity contribution is 6.33. The van der Waals surface area contributed by atoms with Crippen molar-refractivity contribution in [3.05, 3.63) is 33.8 Å². The van der Waals surface area contributed by atoms with Crippen molar-refractivity contribution in [2.75, 3.05) is 6.54 Å². The van der Waals surface area contributed by atoms with E-state index in [1.54, 1.807) is 0 Å². The molecule has 1 aliphatic rings. The third-order valence-corrected chi connectivity index (χ3v) is 4.18. The lowest BCUT2D eigenvalue weighted by Gasteiger charge is -2.44. The van der Waals surface area contributed by atoms with Gasteiger partial charge >= 0.3 is 0 Å². The number of halogens is 2. The maximum Gasteiger partial charge on any atom is 0.0441 e. The molecule has 3 atom stereocenters. The van der Waals surface area contributed by atoms with E-state index in [1.807, 2.05) is 18.2 Å². The zero-order valence-corrected chi connectivity index (χ0v) is 11.1. The Morgan fingerprint density at radius 3 is 2.75 bits per heavy atom. The summed E-state index contributed by atoms with van der Waals surface area (Å²) in [4.78, 5) is 0. The van der Waals surface area contributed by atoms with Gasteiger partial charge in [-0.1, -0.05) is 37.0 Å². The molecule has 0 bridgehead atoms. The summed E-state index contributed by atoms with van der Waals surface area (Å²) < 4.78 is 0. The van der Waals surface area contributed by atoms with Crippen LogP contribution in [0.3, 0.4) is 0 Å². The van der Waals surface area contributed by atoms with Crippen LogP contribution in [0.4, 0.5) is 0 Å². The average Bonchev–Trinajstić information content (AvgIpc) is 2.27. The van der Waals surface area contributed by atoms with Gasteiger partial charge in [-0.05, 0) is 48.6 Å². The molecule has 0 aromatic heterocycles. The fourth-order valence-electron chi connectivity index (χ4n) is 2.53. The van der Waals surface area contributed by atoms with E-state index in [0.29, 0.717) is 17.9 Å². The molecule has 0 heterocycles. The lowest BCUT2D eigenvalue weighted by atomic mass is 9.67. The van der Waals surface area contributed by atoms with Crippen LogP contribution in [0.25, 0.3) is 0 Å². The molecule has 1 aliphatic carbocycles. The van der Waals surface area contributed by atoms with E-state index in [2.05, 4.69) is 19.2 Å². The Labute approximate surface area is 107 Å². The van der Waals surface area contributed by atoms with Crippen molar-refractivity contribution >= 4 is 23.2 Å². The van der Waals surface area contributed by atoms with Gasteiger partial charge in [0.25, 0.3) is 0 Å². The first-order valence-corrected chi connectivity index (χ1v) is 6.57. The molecular formula is C13H17Cl2N. The van der Waals surface area contributed by atoms with Crippen LogP contribution in [0, 0.1) is 5.92 Å². The Bertz CT molecular complexity index is 378. The predicted octanol–water partition coefficient (Wildman–Crippen LogP) is 4.09. The molecule has 2 rings (SSSR count). The summed E-state index contributed by atoms with van der Waals surface area (Å²) in [5.74, 6) is 1.19. The Morgan fingerprint density at radius 2 is 2.12 bits per heavy atom. The Morgan fingerprint density at radius 1 is 1.38 bits per heavy atom. The van der Waals surface area contributed by atoms with Crippen LogP contribution < -0.4 is 5.32 Å². The van der Waals surface area contributed by atoms with E-state index < -0.39 is 0 Å². The minimum Gasteiger partial charge on any atom is -0.314 e. The minimum absolute atomic E-state index is 0.551. The highest BCUT2D eigenvalue weighted by atomic mass is 35.5. The van der Waals surface area contributed by atoms with E-state index in [1.165, 1.54) is 5.56 Å². The molecular weight excluding hydrogens is 241 g/mol. The van der Waals surface area contributed by atoms with Gasteiger partial charge in [0, 0.05) is 16.1 Å². The van der Waals surface area contributed by atoms with Crippen LogP contribution in [0.5, 0.6) is 0 Å². The third-order valence-electron chi connectivity index (χ3n) is 3.60. The van der Waals surface area contributed by atoms with E-state index in [-0.39, 0.29) is 0 Å². The third kappa shape index (κ3) is 2.22. The summed E-state index contributed by atoms with van der Waals surface area (Å²) in [5.41, 5.74) is 1.20. The topological polar surface area (TPSA) is 12.0 Å². The standard InChI is InChI=1S/C13H17Cl2N/c1-3-16-13-7-10(8(13)2)11-6-9(14)4-5-12(11)15/h4-6,8,10,13,16H,3,7H2,1-2H3. The van der Waals surface area contributed by atoms with Crippen molar-refractivity contribution in [1.29, 1.82) is 0 Å². The number of hydrogen-bond donors (Lipinski definition) is 1. The quantitative estimate of drug-likeness (QED) is 0.860. The zero-order valence-electron chi connectivity index (χ0n) is 9.63. The summed E-state index contributed by atoms with van der Waals surface area (Å²) in [5, 5.41) is 5.11. The molecule has 1 aromatic rings. The lowest BCUT2D eigenvalue weighted by Crippen LogP contribution is -2.47. The van der Waals surface area contributed by atoms with Gasteiger partial charge in [0.1, 0.15) is 0 Å². The molecule has 0 saturated heterocycles. The number of rotatable bonds is 3. The maximum absolute atomic E-state index is 6.21. The highest BCUT2D eigenvalue weighted by Crippen LogP contribution is 2.45. The first-order valence-electron chi connectivity index (χ1n) is 5.81. The molecule has 88 valence electrons. The summed E-state index contributed by atoms with van der Waals surface area (Å²) in [7, 11) is 0. The summed E-state index contributed by atoms with van der Waals surface area (Å²) in [6.07, 6.45) is 1.16. The second-order valence-corrected chi connectivity index (χ2v) is 5.37. The summed E-state index contributed by atoms with van der Waals surface area (Å²) in [6.45, 7) is 5.45. The SMILES string of the molecule is CCNC1CC(c2cc(Cl)ccc2Cl)C1C. The number of nitrogens with one attached hydrogen (secondary N) is 1. The van der Waals surface area contributed by atoms with E-state index in [0.717, 1.165) is 23.0 Å². The molecule has 0 amide bonds. The van der Waals surface area contributed by atoms with Crippen LogP contribution in [0.1, 0.15) is 31.7 Å². The van der Waals surface area contributed by atoms with Crippen LogP contribution >= 0.6 is 23.2 Å². The van der Waals surface area contributed by atoms with Crippen molar-refractivity contribution in [2.24, 2.45) is 5.92 Å². The molecule has 1 aromatic carbocycles. The van der Waals surface area contributed by atoms with E-state index in [4.69, 9.17) is 23.2 Å². The largest absolute Gasteiger partial charge is 0.314 e. The predicted molar refractivity (Wildman–Crippen MR) is 70.4 cm³/mol. The Hall–Kier alpha value is -0.240. The summed E-state index contributed by atoms with van der Waals surface area (Å²) in [6, 6.07) is 6.38. The van der Waals surface area contributed by atoms with Crippen LogP contribution in [-0.4, -0.2) is 12.6 Å². The monoisotopic (exact) mass is 257 g/mol. The molecule has 1 fully saturated rings. The highest BCUT2D eigenvalue weighted by Gasteiger charge is 2.38. The minimum atomic E-state index is 0.551. The maximum atomic E-state index is 6.21. The summed E-state index contributed by atoms with van der Waals surface area (Å²) >= 11 is 12.2. The Kier molecular flexibility index (Phi) is 3.78. The van der Waals surface area contributed by atoms with Gasteiger partial charge in [0.2, 0.25) is 0 Å².